The van der Waals surface area contributed by atoms with Crippen LogP contribution in [0.15, 0.2) is 24.3 Å². The zero-order chi connectivity index (χ0) is 26.2. The van der Waals surface area contributed by atoms with Crippen molar-refractivity contribution in [1.29, 1.82) is 0 Å². The summed E-state index contributed by atoms with van der Waals surface area (Å²) < 4.78 is 46.6. The van der Waals surface area contributed by atoms with Gasteiger partial charge < -0.3 is 14.2 Å². The number of aryl methyl sites for hydroxylation is 2. The highest BCUT2D eigenvalue weighted by molar-refractivity contribution is 6.38. The Bertz CT molecular complexity index is 1280. The van der Waals surface area contributed by atoms with Crippen molar-refractivity contribution in [1.82, 2.24) is 14.5 Å². The normalized spacial score (nSPS) is 15.2. The van der Waals surface area contributed by atoms with Crippen molar-refractivity contribution in [3.63, 3.8) is 0 Å². The number of carbonyl (C=O) groups excluding carboxylic acids is 1. The van der Waals surface area contributed by atoms with Crippen molar-refractivity contribution in [2.45, 2.75) is 38.8 Å². The van der Waals surface area contributed by atoms with Gasteiger partial charge in [0.05, 0.1) is 10.6 Å². The maximum absolute atomic E-state index is 13.3. The van der Waals surface area contributed by atoms with Crippen LogP contribution in [-0.2, 0) is 24.4 Å². The molecule has 1 saturated heterocycles. The standard InChI is InChI=1S/C26H28Cl2F3N3O2/c1-15-12-22(26(29,30)31)32-24-19(15)13-17(33(24)2)14-20-21(27)5-4-18(23(20)28)25(35)34-9-6-16(7-10-34)8-11-36-3/h4-5,12-13,16H,6-11,14H2,1-3H3. The van der Waals surface area contributed by atoms with E-state index >= 15 is 0 Å². The number of hydrogen-bond acceptors (Lipinski definition) is 3. The number of halogens is 5. The van der Waals surface area contributed by atoms with Crippen LogP contribution in [0.3, 0.4) is 0 Å². The lowest BCUT2D eigenvalue weighted by atomic mass is 9.93. The number of ether oxygens (including phenoxy) is 1. The predicted octanol–water partition coefficient (Wildman–Crippen LogP) is 6.69. The number of carbonyl (C=O) groups is 1. The van der Waals surface area contributed by atoms with Crippen molar-refractivity contribution in [2.24, 2.45) is 13.0 Å². The maximum Gasteiger partial charge on any atom is 0.433 e. The summed E-state index contributed by atoms with van der Waals surface area (Å²) in [4.78, 5) is 19.0. The number of rotatable bonds is 6. The van der Waals surface area contributed by atoms with Gasteiger partial charge in [0.15, 0.2) is 0 Å². The highest BCUT2D eigenvalue weighted by Crippen LogP contribution is 2.35. The molecule has 1 aliphatic heterocycles. The Kier molecular flexibility index (Phi) is 7.88. The third-order valence-electron chi connectivity index (χ3n) is 7.00. The van der Waals surface area contributed by atoms with E-state index in [9.17, 15) is 18.0 Å². The second kappa shape index (κ2) is 10.6. The molecule has 3 heterocycles. The van der Waals surface area contributed by atoms with E-state index in [1.165, 1.54) is 0 Å². The van der Waals surface area contributed by atoms with Gasteiger partial charge in [0.25, 0.3) is 5.91 Å². The van der Waals surface area contributed by atoms with Crippen LogP contribution in [0, 0.1) is 12.8 Å². The fraction of sp³-hybridized carbons (Fsp3) is 0.462. The molecular formula is C26H28Cl2F3N3O2. The van der Waals surface area contributed by atoms with Crippen LogP contribution >= 0.6 is 23.2 Å². The second-order valence-electron chi connectivity index (χ2n) is 9.34. The molecule has 0 radical (unpaired) electrons. The van der Waals surface area contributed by atoms with Crippen molar-refractivity contribution >= 4 is 40.1 Å². The number of hydrogen-bond donors (Lipinski definition) is 0. The molecule has 0 aliphatic carbocycles. The summed E-state index contributed by atoms with van der Waals surface area (Å²) in [7, 11) is 3.35. The summed E-state index contributed by atoms with van der Waals surface area (Å²) in [6, 6.07) is 6.12. The minimum atomic E-state index is -4.54. The molecule has 1 aromatic carbocycles. The van der Waals surface area contributed by atoms with Crippen LogP contribution in [0.2, 0.25) is 10.0 Å². The number of nitrogens with zero attached hydrogens (tertiary/aromatic N) is 3. The molecule has 0 N–H and O–H groups in total. The summed E-state index contributed by atoms with van der Waals surface area (Å²) in [5, 5.41) is 1.27. The average molecular weight is 542 g/mol. The lowest BCUT2D eigenvalue weighted by molar-refractivity contribution is -0.141. The molecule has 5 nitrogen and oxygen atoms in total. The number of pyridine rings is 1. The predicted molar refractivity (Wildman–Crippen MR) is 135 cm³/mol. The average Bonchev–Trinajstić information content (AvgIpc) is 3.15. The molecule has 0 bridgehead atoms. The molecule has 2 aromatic heterocycles. The first kappa shape index (κ1) is 26.8. The molecule has 1 fully saturated rings. The van der Waals surface area contributed by atoms with E-state index in [0.29, 0.717) is 58.4 Å². The fourth-order valence-corrected chi connectivity index (χ4v) is 5.38. The third kappa shape index (κ3) is 5.36. The number of likely N-dealkylation sites (tertiary alicyclic amines) is 1. The van der Waals surface area contributed by atoms with Crippen molar-refractivity contribution in [2.75, 3.05) is 26.8 Å². The number of amides is 1. The van der Waals surface area contributed by atoms with Crippen molar-refractivity contribution < 1.29 is 22.7 Å². The Labute approximate surface area is 218 Å². The van der Waals surface area contributed by atoms with Gasteiger partial charge in [-0.25, -0.2) is 4.98 Å². The molecule has 4 rings (SSSR count). The molecule has 0 unspecified atom stereocenters. The largest absolute Gasteiger partial charge is 0.433 e. The van der Waals surface area contributed by atoms with E-state index in [0.717, 1.165) is 25.3 Å². The topological polar surface area (TPSA) is 47.4 Å². The number of alkyl halides is 3. The quantitative estimate of drug-likeness (QED) is 0.349. The van der Waals surface area contributed by atoms with E-state index in [1.807, 2.05) is 4.90 Å². The Morgan fingerprint density at radius 2 is 1.89 bits per heavy atom. The summed E-state index contributed by atoms with van der Waals surface area (Å²) in [6.45, 7) is 3.64. The highest BCUT2D eigenvalue weighted by Gasteiger charge is 2.34. The number of fused-ring (bicyclic) bond motifs is 1. The second-order valence-corrected chi connectivity index (χ2v) is 10.1. The number of methoxy groups -OCH3 is 1. The molecule has 0 atom stereocenters. The van der Waals surface area contributed by atoms with E-state index < -0.39 is 11.9 Å². The minimum Gasteiger partial charge on any atom is -0.385 e. The van der Waals surface area contributed by atoms with Crippen LogP contribution in [-0.4, -0.2) is 47.2 Å². The first-order valence-corrected chi connectivity index (χ1v) is 12.5. The Balaban J connectivity index is 1.61. The van der Waals surface area contributed by atoms with Gasteiger partial charge in [0, 0.05) is 56.4 Å². The van der Waals surface area contributed by atoms with Crippen molar-refractivity contribution in [3.8, 4) is 0 Å². The Morgan fingerprint density at radius 1 is 1.19 bits per heavy atom. The van der Waals surface area contributed by atoms with Crippen LogP contribution < -0.4 is 0 Å². The van der Waals surface area contributed by atoms with Crippen LogP contribution in [0.25, 0.3) is 11.0 Å². The summed E-state index contributed by atoms with van der Waals surface area (Å²) in [6.07, 6.45) is -1.49. The van der Waals surface area contributed by atoms with Crippen LogP contribution in [0.1, 0.15) is 52.1 Å². The van der Waals surface area contributed by atoms with E-state index in [1.54, 1.807) is 43.8 Å². The third-order valence-corrected chi connectivity index (χ3v) is 7.79. The first-order chi connectivity index (χ1) is 17.0. The molecule has 1 aliphatic rings. The van der Waals surface area contributed by atoms with Crippen molar-refractivity contribution in [3.05, 3.63) is 62.4 Å². The molecule has 0 spiro atoms. The van der Waals surface area contributed by atoms with E-state index in [2.05, 4.69) is 4.98 Å². The van der Waals surface area contributed by atoms with Gasteiger partial charge in [-0.15, -0.1) is 0 Å². The van der Waals surface area contributed by atoms with Gasteiger partial charge >= 0.3 is 6.18 Å². The van der Waals surface area contributed by atoms with Gasteiger partial charge in [-0.1, -0.05) is 23.2 Å². The molecule has 36 heavy (non-hydrogen) atoms. The van der Waals surface area contributed by atoms with Gasteiger partial charge in [-0.05, 0) is 67.5 Å². The summed E-state index contributed by atoms with van der Waals surface area (Å²) in [5.74, 6) is 0.388. The first-order valence-electron chi connectivity index (χ1n) is 11.8. The number of piperidine rings is 1. The Morgan fingerprint density at radius 3 is 2.53 bits per heavy atom. The number of aromatic nitrogens is 2. The SMILES string of the molecule is COCCC1CCN(C(=O)c2ccc(Cl)c(Cc3cc4c(C)cc(C(F)(F)F)nc4n3C)c2Cl)CC1. The molecule has 1 amide bonds. The fourth-order valence-electron chi connectivity index (χ4n) is 4.80. The summed E-state index contributed by atoms with van der Waals surface area (Å²) in [5.41, 5.74) is 1.39. The molecular weight excluding hydrogens is 514 g/mol. The van der Waals surface area contributed by atoms with Crippen LogP contribution in [0.4, 0.5) is 13.2 Å². The summed E-state index contributed by atoms with van der Waals surface area (Å²) >= 11 is 13.2. The molecule has 10 heteroatoms. The zero-order valence-corrected chi connectivity index (χ0v) is 21.9. The van der Waals surface area contributed by atoms with Gasteiger partial charge in [0.1, 0.15) is 11.3 Å². The highest BCUT2D eigenvalue weighted by atomic mass is 35.5. The van der Waals surface area contributed by atoms with Crippen LogP contribution in [0.5, 0.6) is 0 Å². The minimum absolute atomic E-state index is 0.146. The zero-order valence-electron chi connectivity index (χ0n) is 20.4. The molecule has 0 saturated carbocycles. The monoisotopic (exact) mass is 541 g/mol. The number of benzene rings is 1. The van der Waals surface area contributed by atoms with Gasteiger partial charge in [0.2, 0.25) is 0 Å². The lowest BCUT2D eigenvalue weighted by Gasteiger charge is -2.32. The van der Waals surface area contributed by atoms with Gasteiger partial charge in [-0.2, -0.15) is 13.2 Å². The van der Waals surface area contributed by atoms with E-state index in [-0.39, 0.29) is 23.0 Å². The maximum atomic E-state index is 13.3. The smallest absolute Gasteiger partial charge is 0.385 e. The van der Waals surface area contributed by atoms with E-state index in [4.69, 9.17) is 27.9 Å². The Hall–Kier alpha value is -2.29. The lowest BCUT2D eigenvalue weighted by Crippen LogP contribution is -2.38. The molecule has 194 valence electrons. The van der Waals surface area contributed by atoms with Gasteiger partial charge in [-0.3, -0.25) is 4.79 Å². The molecule has 3 aromatic rings.